The fourth-order valence-corrected chi connectivity index (χ4v) is 5.31. The predicted octanol–water partition coefficient (Wildman–Crippen LogP) is 5.85. The third-order valence-corrected chi connectivity index (χ3v) is 7.36. The quantitative estimate of drug-likeness (QED) is 0.201. The standard InChI is InChI=1S/C27H24N2O5S3/c1-32-21-10-5-4-9-20(21)28-25(30)16-34-22-12-11-17(13-23(22)33-2)14-24-26(31)29(27(35)37-24)18-7-6-8-19(15-18)36-3/h4-15H,16H2,1-3H3,(H,28,30)/b24-14-. The molecule has 0 bridgehead atoms. The third kappa shape index (κ3) is 6.27. The van der Waals surface area contributed by atoms with Crippen molar-refractivity contribution in [3.8, 4) is 17.2 Å². The summed E-state index contributed by atoms with van der Waals surface area (Å²) >= 11 is 8.34. The topological polar surface area (TPSA) is 77.1 Å². The number of carbonyl (C=O) groups is 2. The highest BCUT2D eigenvalue weighted by atomic mass is 32.2. The highest BCUT2D eigenvalue weighted by Crippen LogP contribution is 2.38. The van der Waals surface area contributed by atoms with Gasteiger partial charge in [-0.1, -0.05) is 48.2 Å². The minimum Gasteiger partial charge on any atom is -0.495 e. The largest absolute Gasteiger partial charge is 0.495 e. The molecule has 1 fully saturated rings. The lowest BCUT2D eigenvalue weighted by Crippen LogP contribution is -2.27. The van der Waals surface area contributed by atoms with E-state index >= 15 is 0 Å². The summed E-state index contributed by atoms with van der Waals surface area (Å²) in [7, 11) is 3.05. The van der Waals surface area contributed by atoms with Crippen LogP contribution in [0.1, 0.15) is 5.56 Å². The van der Waals surface area contributed by atoms with Crippen molar-refractivity contribution in [2.45, 2.75) is 4.90 Å². The second-order valence-corrected chi connectivity index (χ2v) is 10.2. The Labute approximate surface area is 229 Å². The average molecular weight is 553 g/mol. The monoisotopic (exact) mass is 552 g/mol. The summed E-state index contributed by atoms with van der Waals surface area (Å²) in [5, 5.41) is 2.76. The Bertz CT molecular complexity index is 1380. The fraction of sp³-hybridized carbons (Fsp3) is 0.148. The van der Waals surface area contributed by atoms with Crippen LogP contribution in [0.25, 0.3) is 6.08 Å². The van der Waals surface area contributed by atoms with Crippen LogP contribution in [0.4, 0.5) is 11.4 Å². The predicted molar refractivity (Wildman–Crippen MR) is 154 cm³/mol. The molecule has 0 unspecified atom stereocenters. The van der Waals surface area contributed by atoms with E-state index in [1.54, 1.807) is 59.1 Å². The van der Waals surface area contributed by atoms with Gasteiger partial charge < -0.3 is 19.5 Å². The molecule has 1 saturated heterocycles. The van der Waals surface area contributed by atoms with Gasteiger partial charge in [0, 0.05) is 4.90 Å². The van der Waals surface area contributed by atoms with E-state index in [1.165, 1.54) is 26.0 Å². The van der Waals surface area contributed by atoms with Crippen molar-refractivity contribution in [2.75, 3.05) is 37.3 Å². The van der Waals surface area contributed by atoms with Crippen molar-refractivity contribution in [2.24, 2.45) is 0 Å². The van der Waals surface area contributed by atoms with Crippen LogP contribution in [0.15, 0.2) is 76.5 Å². The van der Waals surface area contributed by atoms with Crippen LogP contribution >= 0.6 is 35.7 Å². The van der Waals surface area contributed by atoms with Crippen LogP contribution in [-0.4, -0.2) is 43.2 Å². The van der Waals surface area contributed by atoms with Gasteiger partial charge in [-0.15, -0.1) is 11.8 Å². The molecule has 10 heteroatoms. The molecule has 190 valence electrons. The number of rotatable bonds is 9. The molecule has 1 aliphatic heterocycles. The molecule has 0 atom stereocenters. The van der Waals surface area contributed by atoms with Crippen molar-refractivity contribution in [3.63, 3.8) is 0 Å². The number of benzene rings is 3. The number of thiocarbonyl (C=S) groups is 1. The Balaban J connectivity index is 1.46. The molecule has 4 rings (SSSR count). The van der Waals surface area contributed by atoms with E-state index in [0.717, 1.165) is 16.1 Å². The number of ether oxygens (including phenoxy) is 3. The molecule has 3 aromatic carbocycles. The number of nitrogens with zero attached hydrogens (tertiary/aromatic N) is 1. The molecule has 0 radical (unpaired) electrons. The smallest absolute Gasteiger partial charge is 0.270 e. The number of nitrogens with one attached hydrogen (secondary N) is 1. The highest BCUT2D eigenvalue weighted by molar-refractivity contribution is 8.27. The Morgan fingerprint density at radius 1 is 1.03 bits per heavy atom. The van der Waals surface area contributed by atoms with Gasteiger partial charge in [0.25, 0.3) is 11.8 Å². The molecular weight excluding hydrogens is 529 g/mol. The van der Waals surface area contributed by atoms with Crippen LogP contribution in [0.3, 0.4) is 0 Å². The number of amides is 2. The maximum atomic E-state index is 13.1. The van der Waals surface area contributed by atoms with Gasteiger partial charge in [-0.05, 0) is 60.4 Å². The van der Waals surface area contributed by atoms with Crippen LogP contribution in [0.5, 0.6) is 17.2 Å². The number of hydrogen-bond donors (Lipinski definition) is 1. The summed E-state index contributed by atoms with van der Waals surface area (Å²) in [4.78, 5) is 28.7. The first-order valence-electron chi connectivity index (χ1n) is 11.1. The molecule has 7 nitrogen and oxygen atoms in total. The molecule has 1 aliphatic rings. The SMILES string of the molecule is COc1ccccc1NC(=O)COc1ccc(/C=C2\SC(=S)N(c3cccc(SC)c3)C2=O)cc1OC. The van der Waals surface area contributed by atoms with Crippen molar-refractivity contribution in [1.29, 1.82) is 0 Å². The van der Waals surface area contributed by atoms with Gasteiger partial charge in [0.15, 0.2) is 22.4 Å². The first kappa shape index (κ1) is 26.6. The van der Waals surface area contributed by atoms with E-state index in [1.807, 2.05) is 36.6 Å². The maximum absolute atomic E-state index is 13.1. The number of anilines is 2. The zero-order chi connectivity index (χ0) is 26.4. The first-order chi connectivity index (χ1) is 17.9. The van der Waals surface area contributed by atoms with Gasteiger partial charge in [0.05, 0.1) is 30.5 Å². The van der Waals surface area contributed by atoms with Crippen LogP contribution < -0.4 is 24.4 Å². The van der Waals surface area contributed by atoms with Gasteiger partial charge in [-0.2, -0.15) is 0 Å². The minimum atomic E-state index is -0.343. The van der Waals surface area contributed by atoms with Crippen molar-refractivity contribution in [1.82, 2.24) is 0 Å². The first-order valence-corrected chi connectivity index (χ1v) is 13.5. The lowest BCUT2D eigenvalue weighted by Gasteiger charge is -2.15. The van der Waals surface area contributed by atoms with Crippen LogP contribution in [-0.2, 0) is 9.59 Å². The summed E-state index contributed by atoms with van der Waals surface area (Å²) in [5.41, 5.74) is 2.03. The molecule has 0 aromatic heterocycles. The lowest BCUT2D eigenvalue weighted by molar-refractivity contribution is -0.118. The number of thioether (sulfide) groups is 2. The van der Waals surface area contributed by atoms with Gasteiger partial charge in [-0.3, -0.25) is 14.5 Å². The molecule has 1 heterocycles. The van der Waals surface area contributed by atoms with E-state index in [0.29, 0.717) is 32.2 Å². The summed E-state index contributed by atoms with van der Waals surface area (Å²) < 4.78 is 16.9. The zero-order valence-electron chi connectivity index (χ0n) is 20.3. The molecule has 0 saturated carbocycles. The zero-order valence-corrected chi connectivity index (χ0v) is 22.8. The Morgan fingerprint density at radius 2 is 1.81 bits per heavy atom. The summed E-state index contributed by atoms with van der Waals surface area (Å²) in [5.74, 6) is 0.865. The molecular formula is C27H24N2O5S3. The van der Waals surface area contributed by atoms with Crippen LogP contribution in [0.2, 0.25) is 0 Å². The molecule has 2 amide bonds. The van der Waals surface area contributed by atoms with E-state index < -0.39 is 0 Å². The molecule has 0 spiro atoms. The third-order valence-electron chi connectivity index (χ3n) is 5.33. The Kier molecular flexibility index (Phi) is 8.75. The lowest BCUT2D eigenvalue weighted by atomic mass is 10.2. The van der Waals surface area contributed by atoms with E-state index in [-0.39, 0.29) is 18.4 Å². The van der Waals surface area contributed by atoms with Crippen molar-refractivity contribution in [3.05, 3.63) is 77.2 Å². The summed E-state index contributed by atoms with van der Waals surface area (Å²) in [6, 6.07) is 20.1. The summed E-state index contributed by atoms with van der Waals surface area (Å²) in [6.07, 6.45) is 3.75. The Morgan fingerprint density at radius 3 is 2.57 bits per heavy atom. The molecule has 0 aliphatic carbocycles. The summed E-state index contributed by atoms with van der Waals surface area (Å²) in [6.45, 7) is -0.221. The van der Waals surface area contributed by atoms with Gasteiger partial charge in [-0.25, -0.2) is 0 Å². The van der Waals surface area contributed by atoms with E-state index in [4.69, 9.17) is 26.4 Å². The Hall–Kier alpha value is -3.47. The van der Waals surface area contributed by atoms with Crippen LogP contribution in [0, 0.1) is 0 Å². The van der Waals surface area contributed by atoms with Gasteiger partial charge >= 0.3 is 0 Å². The second kappa shape index (κ2) is 12.2. The van der Waals surface area contributed by atoms with Crippen molar-refractivity contribution >= 4 is 69.3 Å². The average Bonchev–Trinajstić information content (AvgIpc) is 3.20. The normalized spacial score (nSPS) is 14.1. The van der Waals surface area contributed by atoms with E-state index in [2.05, 4.69) is 5.32 Å². The number of hydrogen-bond acceptors (Lipinski definition) is 8. The number of para-hydroxylation sites is 2. The van der Waals surface area contributed by atoms with Gasteiger partial charge in [0.2, 0.25) is 0 Å². The van der Waals surface area contributed by atoms with E-state index in [9.17, 15) is 9.59 Å². The molecule has 37 heavy (non-hydrogen) atoms. The fourth-order valence-electron chi connectivity index (χ4n) is 3.56. The maximum Gasteiger partial charge on any atom is 0.270 e. The second-order valence-electron chi connectivity index (χ2n) is 7.67. The molecule has 3 aromatic rings. The van der Waals surface area contributed by atoms with Gasteiger partial charge in [0.1, 0.15) is 5.75 Å². The number of carbonyl (C=O) groups excluding carboxylic acids is 2. The van der Waals surface area contributed by atoms with Crippen molar-refractivity contribution < 1.29 is 23.8 Å². The minimum absolute atomic E-state index is 0.180. The molecule has 1 N–H and O–H groups in total. The number of methoxy groups -OCH3 is 2. The highest BCUT2D eigenvalue weighted by Gasteiger charge is 2.33.